The van der Waals surface area contributed by atoms with Gasteiger partial charge in [-0.25, -0.2) is 8.78 Å². The molecule has 1 aliphatic rings. The lowest BCUT2D eigenvalue weighted by Gasteiger charge is -2.31. The Morgan fingerprint density at radius 1 is 1.23 bits per heavy atom. The van der Waals surface area contributed by atoms with E-state index in [0.717, 1.165) is 24.7 Å². The Labute approximate surface area is 130 Å². The largest absolute Gasteiger partial charge is 0.305 e. The van der Waals surface area contributed by atoms with E-state index < -0.39 is 11.6 Å². The van der Waals surface area contributed by atoms with Gasteiger partial charge in [0, 0.05) is 30.9 Å². The molecule has 0 fully saturated rings. The van der Waals surface area contributed by atoms with Crippen molar-refractivity contribution in [2.45, 2.75) is 13.8 Å². The van der Waals surface area contributed by atoms with Crippen molar-refractivity contribution < 1.29 is 8.78 Å². The van der Waals surface area contributed by atoms with Gasteiger partial charge in [0.1, 0.15) is 11.6 Å². The fourth-order valence-electron chi connectivity index (χ4n) is 2.43. The van der Waals surface area contributed by atoms with Crippen LogP contribution in [-0.2, 0) is 0 Å². The molecule has 2 rings (SSSR count). The van der Waals surface area contributed by atoms with Gasteiger partial charge in [0.25, 0.3) is 0 Å². The summed E-state index contributed by atoms with van der Waals surface area (Å²) in [6.07, 6.45) is 3.94. The summed E-state index contributed by atoms with van der Waals surface area (Å²) < 4.78 is 27.1. The molecule has 0 saturated carbocycles. The summed E-state index contributed by atoms with van der Waals surface area (Å²) in [5.74, 6) is -0.670. The van der Waals surface area contributed by atoms with Crippen molar-refractivity contribution in [1.82, 2.24) is 15.3 Å². The number of hydrogen-bond donors (Lipinski definition) is 1. The first kappa shape index (κ1) is 16.5. The second-order valence-corrected chi connectivity index (χ2v) is 6.28. The van der Waals surface area contributed by atoms with Gasteiger partial charge in [0.2, 0.25) is 0 Å². The average Bonchev–Trinajstić information content (AvgIpc) is 2.36. The average molecular weight is 307 g/mol. The number of hydrogen-bond acceptors (Lipinski definition) is 3. The highest BCUT2D eigenvalue weighted by Gasteiger charge is 2.17. The molecule has 0 spiro atoms. The van der Waals surface area contributed by atoms with Crippen molar-refractivity contribution >= 4 is 5.70 Å². The fraction of sp³-hybridized carbons (Fsp3) is 0.412. The molecule has 1 aromatic rings. The van der Waals surface area contributed by atoms with Crippen molar-refractivity contribution in [3.63, 3.8) is 0 Å². The van der Waals surface area contributed by atoms with Gasteiger partial charge < -0.3 is 4.90 Å². The smallest absolute Gasteiger partial charge is 0.135 e. The molecule has 3 nitrogen and oxygen atoms in total. The van der Waals surface area contributed by atoms with Crippen LogP contribution < -0.4 is 5.43 Å². The topological polar surface area (TPSA) is 18.5 Å². The number of rotatable bonds is 5. The maximum absolute atomic E-state index is 14.0. The SMILES string of the molecule is CC(C)CN1C=C(CN(C)C)C=C(c2ccc(F)cc2F)N1. The van der Waals surface area contributed by atoms with Gasteiger partial charge >= 0.3 is 0 Å². The number of benzene rings is 1. The van der Waals surface area contributed by atoms with Crippen molar-refractivity contribution in [2.24, 2.45) is 5.92 Å². The van der Waals surface area contributed by atoms with Gasteiger partial charge in [-0.2, -0.15) is 0 Å². The van der Waals surface area contributed by atoms with Crippen LogP contribution in [0.1, 0.15) is 19.4 Å². The van der Waals surface area contributed by atoms with Crippen LogP contribution in [0.25, 0.3) is 5.70 Å². The van der Waals surface area contributed by atoms with Crippen LogP contribution in [0.2, 0.25) is 0 Å². The van der Waals surface area contributed by atoms with Crippen LogP contribution in [0.5, 0.6) is 0 Å². The molecule has 0 unspecified atom stereocenters. The Hall–Kier alpha value is -1.88. The molecule has 0 radical (unpaired) electrons. The quantitative estimate of drug-likeness (QED) is 0.901. The molecule has 0 atom stereocenters. The van der Waals surface area contributed by atoms with Crippen LogP contribution in [0.4, 0.5) is 8.78 Å². The van der Waals surface area contributed by atoms with E-state index in [2.05, 4.69) is 24.2 Å². The molecule has 0 saturated heterocycles. The third-order valence-electron chi connectivity index (χ3n) is 3.20. The van der Waals surface area contributed by atoms with E-state index in [1.54, 1.807) is 0 Å². The van der Waals surface area contributed by atoms with E-state index in [0.29, 0.717) is 17.2 Å². The summed E-state index contributed by atoms with van der Waals surface area (Å²) in [4.78, 5) is 2.06. The minimum atomic E-state index is -0.569. The third-order valence-corrected chi connectivity index (χ3v) is 3.20. The van der Waals surface area contributed by atoms with Gasteiger partial charge in [-0.05, 0) is 43.8 Å². The van der Waals surface area contributed by atoms with Crippen molar-refractivity contribution in [2.75, 3.05) is 27.2 Å². The molecule has 0 bridgehead atoms. The Balaban J connectivity index is 2.32. The number of nitrogens with zero attached hydrogens (tertiary/aromatic N) is 2. The first-order valence-electron chi connectivity index (χ1n) is 7.41. The second kappa shape index (κ2) is 6.92. The first-order chi connectivity index (χ1) is 10.3. The van der Waals surface area contributed by atoms with E-state index in [-0.39, 0.29) is 0 Å². The molecule has 120 valence electrons. The molecular formula is C17H23F2N3. The van der Waals surface area contributed by atoms with E-state index in [1.165, 1.54) is 12.1 Å². The second-order valence-electron chi connectivity index (χ2n) is 6.28. The number of nitrogens with one attached hydrogen (secondary N) is 1. The van der Waals surface area contributed by atoms with E-state index in [1.807, 2.05) is 31.4 Å². The summed E-state index contributed by atoms with van der Waals surface area (Å²) >= 11 is 0. The van der Waals surface area contributed by atoms with Gasteiger partial charge in [0.05, 0.1) is 5.70 Å². The Morgan fingerprint density at radius 2 is 1.95 bits per heavy atom. The molecule has 22 heavy (non-hydrogen) atoms. The summed E-state index contributed by atoms with van der Waals surface area (Å²) in [6.45, 7) is 5.80. The van der Waals surface area contributed by atoms with Crippen molar-refractivity contribution in [3.8, 4) is 0 Å². The number of likely N-dealkylation sites (N-methyl/N-ethyl adjacent to an activating group) is 1. The predicted molar refractivity (Wildman–Crippen MR) is 85.7 cm³/mol. The molecule has 1 aliphatic heterocycles. The highest BCUT2D eigenvalue weighted by Crippen LogP contribution is 2.23. The molecule has 5 heteroatoms. The Morgan fingerprint density at radius 3 is 2.55 bits per heavy atom. The fourth-order valence-corrected chi connectivity index (χ4v) is 2.43. The molecular weight excluding hydrogens is 284 g/mol. The Kier molecular flexibility index (Phi) is 5.19. The van der Waals surface area contributed by atoms with Crippen molar-refractivity contribution in [1.29, 1.82) is 0 Å². The third kappa shape index (κ3) is 4.31. The minimum absolute atomic E-state index is 0.375. The summed E-state index contributed by atoms with van der Waals surface area (Å²) in [5, 5.41) is 1.96. The summed E-state index contributed by atoms with van der Waals surface area (Å²) in [5.41, 5.74) is 5.30. The van der Waals surface area contributed by atoms with Gasteiger partial charge in [-0.15, -0.1) is 0 Å². The standard InChI is InChI=1S/C17H23F2N3/c1-12(2)9-22-11-13(10-21(3)4)7-17(20-22)15-6-5-14(18)8-16(15)19/h5-8,11-12,20H,9-10H2,1-4H3. The lowest BCUT2D eigenvalue weighted by atomic mass is 10.1. The number of halogens is 2. The van der Waals surface area contributed by atoms with Gasteiger partial charge in [0.15, 0.2) is 0 Å². The van der Waals surface area contributed by atoms with Crippen LogP contribution in [0, 0.1) is 17.6 Å². The molecule has 0 amide bonds. The van der Waals surface area contributed by atoms with Gasteiger partial charge in [-0.3, -0.25) is 10.4 Å². The zero-order chi connectivity index (χ0) is 16.3. The monoisotopic (exact) mass is 307 g/mol. The van der Waals surface area contributed by atoms with Crippen LogP contribution in [0.3, 0.4) is 0 Å². The number of hydrazine groups is 1. The van der Waals surface area contributed by atoms with E-state index in [9.17, 15) is 8.78 Å². The molecule has 1 heterocycles. The van der Waals surface area contributed by atoms with E-state index in [4.69, 9.17) is 0 Å². The lowest BCUT2D eigenvalue weighted by Crippen LogP contribution is -2.38. The molecule has 0 aliphatic carbocycles. The minimum Gasteiger partial charge on any atom is -0.305 e. The first-order valence-corrected chi connectivity index (χ1v) is 7.41. The molecule has 1 N–H and O–H groups in total. The zero-order valence-electron chi connectivity index (χ0n) is 13.5. The zero-order valence-corrected chi connectivity index (χ0v) is 13.5. The van der Waals surface area contributed by atoms with Gasteiger partial charge in [-0.1, -0.05) is 13.8 Å². The van der Waals surface area contributed by atoms with Crippen LogP contribution in [-0.4, -0.2) is 37.1 Å². The van der Waals surface area contributed by atoms with Crippen molar-refractivity contribution in [3.05, 3.63) is 53.2 Å². The molecule has 1 aromatic carbocycles. The highest BCUT2D eigenvalue weighted by molar-refractivity contribution is 5.68. The predicted octanol–water partition coefficient (Wildman–Crippen LogP) is 3.23. The summed E-state index contributed by atoms with van der Waals surface area (Å²) in [6, 6.07) is 3.65. The summed E-state index contributed by atoms with van der Waals surface area (Å²) in [7, 11) is 3.98. The maximum Gasteiger partial charge on any atom is 0.135 e. The molecule has 0 aromatic heterocycles. The van der Waals surface area contributed by atoms with Crippen LogP contribution in [0.15, 0.2) is 36.0 Å². The highest BCUT2D eigenvalue weighted by atomic mass is 19.1. The van der Waals surface area contributed by atoms with E-state index >= 15 is 0 Å². The van der Waals surface area contributed by atoms with Crippen LogP contribution >= 0.6 is 0 Å². The Bertz CT molecular complexity index is 592. The lowest BCUT2D eigenvalue weighted by molar-refractivity contribution is 0.279. The normalized spacial score (nSPS) is 15.0. The maximum atomic E-state index is 14.0.